The normalized spacial score (nSPS) is 12.1. The Labute approximate surface area is 120 Å². The molecule has 106 valence electrons. The van der Waals surface area contributed by atoms with E-state index in [1.165, 1.54) is 17.5 Å². The van der Waals surface area contributed by atoms with Crippen LogP contribution in [0.15, 0.2) is 24.7 Å². The Balaban J connectivity index is 2.07. The molecule has 0 aliphatic heterocycles. The van der Waals surface area contributed by atoms with Crippen molar-refractivity contribution in [2.24, 2.45) is 0 Å². The summed E-state index contributed by atoms with van der Waals surface area (Å²) in [6, 6.07) is 1.71. The van der Waals surface area contributed by atoms with Gasteiger partial charge in [-0.25, -0.2) is 15.0 Å². The number of aromatic nitrogens is 3. The molecule has 0 bridgehead atoms. The summed E-state index contributed by atoms with van der Waals surface area (Å²) in [5.74, 6) is 0.337. The van der Waals surface area contributed by atoms with Gasteiger partial charge in [0.15, 0.2) is 10.8 Å². The molecule has 1 atom stereocenters. The van der Waals surface area contributed by atoms with E-state index in [4.69, 9.17) is 5.11 Å². The van der Waals surface area contributed by atoms with Gasteiger partial charge in [-0.1, -0.05) is 6.92 Å². The van der Waals surface area contributed by atoms with Crippen molar-refractivity contribution in [1.82, 2.24) is 20.3 Å². The van der Waals surface area contributed by atoms with Crippen molar-refractivity contribution < 1.29 is 9.90 Å². The summed E-state index contributed by atoms with van der Waals surface area (Å²) in [6.07, 6.45) is 6.13. The molecule has 2 heterocycles. The predicted octanol–water partition coefficient (Wildman–Crippen LogP) is 1.49. The lowest BCUT2D eigenvalue weighted by molar-refractivity contribution is 0.0933. The van der Waals surface area contributed by atoms with E-state index < -0.39 is 0 Å². The molecular formula is C13H16N4O2S. The monoisotopic (exact) mass is 292 g/mol. The van der Waals surface area contributed by atoms with Crippen molar-refractivity contribution >= 4 is 17.2 Å². The molecule has 0 aliphatic rings. The zero-order valence-electron chi connectivity index (χ0n) is 11.1. The molecule has 1 amide bonds. The predicted molar refractivity (Wildman–Crippen MR) is 76.4 cm³/mol. The average Bonchev–Trinajstić information content (AvgIpc) is 2.97. The summed E-state index contributed by atoms with van der Waals surface area (Å²) in [7, 11) is 0. The Morgan fingerprint density at radius 3 is 2.80 bits per heavy atom. The molecule has 0 aromatic carbocycles. The molecule has 0 saturated heterocycles. The Morgan fingerprint density at radius 1 is 1.40 bits per heavy atom. The first kappa shape index (κ1) is 14.5. The zero-order valence-corrected chi connectivity index (χ0v) is 11.9. The maximum absolute atomic E-state index is 12.1. The molecule has 0 saturated carbocycles. The van der Waals surface area contributed by atoms with E-state index in [0.29, 0.717) is 22.1 Å². The third-order valence-corrected chi connectivity index (χ3v) is 3.78. The SMILES string of the molecule is CCC(CCO)NC(=O)c1cnc(-c2ncccn2)s1. The Kier molecular flexibility index (Phi) is 5.14. The summed E-state index contributed by atoms with van der Waals surface area (Å²) < 4.78 is 0. The molecular weight excluding hydrogens is 276 g/mol. The molecule has 2 rings (SSSR count). The Bertz CT molecular complexity index is 559. The van der Waals surface area contributed by atoms with Crippen molar-refractivity contribution in [2.45, 2.75) is 25.8 Å². The van der Waals surface area contributed by atoms with Crippen LogP contribution in [0, 0.1) is 0 Å². The first-order chi connectivity index (χ1) is 9.74. The van der Waals surface area contributed by atoms with Gasteiger partial charge in [-0.3, -0.25) is 4.79 Å². The van der Waals surface area contributed by atoms with Crippen molar-refractivity contribution in [1.29, 1.82) is 0 Å². The lowest BCUT2D eigenvalue weighted by atomic mass is 10.1. The van der Waals surface area contributed by atoms with E-state index in [1.807, 2.05) is 6.92 Å². The molecule has 0 fully saturated rings. The minimum absolute atomic E-state index is 0.0222. The van der Waals surface area contributed by atoms with Crippen molar-refractivity contribution in [3.05, 3.63) is 29.5 Å². The molecule has 7 heteroatoms. The number of hydrogen-bond donors (Lipinski definition) is 2. The van der Waals surface area contributed by atoms with Crippen molar-refractivity contribution in [3.8, 4) is 10.8 Å². The van der Waals surface area contributed by atoms with E-state index in [0.717, 1.165) is 6.42 Å². The van der Waals surface area contributed by atoms with Crippen molar-refractivity contribution in [3.63, 3.8) is 0 Å². The fourth-order valence-electron chi connectivity index (χ4n) is 1.68. The average molecular weight is 292 g/mol. The van der Waals surface area contributed by atoms with Gasteiger partial charge in [0.1, 0.15) is 4.88 Å². The number of nitrogens with one attached hydrogen (secondary N) is 1. The zero-order chi connectivity index (χ0) is 14.4. The first-order valence-corrected chi connectivity index (χ1v) is 7.21. The lowest BCUT2D eigenvalue weighted by Gasteiger charge is -2.14. The minimum Gasteiger partial charge on any atom is -0.396 e. The van der Waals surface area contributed by atoms with Gasteiger partial charge in [0.05, 0.1) is 6.20 Å². The largest absolute Gasteiger partial charge is 0.396 e. The number of nitrogens with zero attached hydrogens (tertiary/aromatic N) is 3. The van der Waals surface area contributed by atoms with E-state index in [-0.39, 0.29) is 18.6 Å². The van der Waals surface area contributed by atoms with Crippen LogP contribution < -0.4 is 5.32 Å². The summed E-state index contributed by atoms with van der Waals surface area (Å²) in [5.41, 5.74) is 0. The summed E-state index contributed by atoms with van der Waals surface area (Å²) in [4.78, 5) is 25.0. The quantitative estimate of drug-likeness (QED) is 0.842. The summed E-state index contributed by atoms with van der Waals surface area (Å²) in [6.45, 7) is 2.03. The van der Waals surface area contributed by atoms with Gasteiger partial charge in [-0.15, -0.1) is 11.3 Å². The van der Waals surface area contributed by atoms with Crippen LogP contribution in [0.25, 0.3) is 10.8 Å². The van der Waals surface area contributed by atoms with Gasteiger partial charge in [-0.2, -0.15) is 0 Å². The summed E-state index contributed by atoms with van der Waals surface area (Å²) >= 11 is 1.25. The fourth-order valence-corrected chi connectivity index (χ4v) is 2.45. The maximum Gasteiger partial charge on any atom is 0.263 e. The number of carbonyl (C=O) groups is 1. The number of aliphatic hydroxyl groups excluding tert-OH is 1. The van der Waals surface area contributed by atoms with Gasteiger partial charge in [0, 0.05) is 25.0 Å². The number of aliphatic hydroxyl groups is 1. The standard InChI is InChI=1S/C13H16N4O2S/c1-2-9(4-7-18)17-12(19)10-8-16-13(20-10)11-14-5-3-6-15-11/h3,5-6,8-9,18H,2,4,7H2,1H3,(H,17,19). The third kappa shape index (κ3) is 3.58. The molecule has 6 nitrogen and oxygen atoms in total. The van der Waals surface area contributed by atoms with Crippen LogP contribution in [0.4, 0.5) is 0 Å². The minimum atomic E-state index is -0.176. The molecule has 1 unspecified atom stereocenters. The molecule has 2 aromatic heterocycles. The second-order valence-electron chi connectivity index (χ2n) is 4.19. The third-order valence-electron chi connectivity index (χ3n) is 2.79. The molecule has 20 heavy (non-hydrogen) atoms. The topological polar surface area (TPSA) is 88.0 Å². The van der Waals surface area contributed by atoms with Crippen LogP contribution in [0.5, 0.6) is 0 Å². The molecule has 0 radical (unpaired) electrons. The van der Waals surface area contributed by atoms with E-state index in [2.05, 4.69) is 20.3 Å². The van der Waals surface area contributed by atoms with Crippen LogP contribution in [0.2, 0.25) is 0 Å². The Morgan fingerprint density at radius 2 is 2.15 bits per heavy atom. The molecule has 2 aromatic rings. The Hall–Kier alpha value is -1.86. The van der Waals surface area contributed by atoms with Gasteiger partial charge in [-0.05, 0) is 18.9 Å². The number of amides is 1. The van der Waals surface area contributed by atoms with Gasteiger partial charge < -0.3 is 10.4 Å². The van der Waals surface area contributed by atoms with E-state index in [1.54, 1.807) is 18.5 Å². The van der Waals surface area contributed by atoms with Crippen LogP contribution in [0.3, 0.4) is 0 Å². The number of hydrogen-bond acceptors (Lipinski definition) is 6. The number of carbonyl (C=O) groups excluding carboxylic acids is 1. The fraction of sp³-hybridized carbons (Fsp3) is 0.385. The highest BCUT2D eigenvalue weighted by Gasteiger charge is 2.16. The second-order valence-corrected chi connectivity index (χ2v) is 5.22. The molecule has 2 N–H and O–H groups in total. The van der Waals surface area contributed by atoms with Crippen LogP contribution in [-0.2, 0) is 0 Å². The van der Waals surface area contributed by atoms with Gasteiger partial charge in [0.25, 0.3) is 5.91 Å². The second kappa shape index (κ2) is 7.06. The first-order valence-electron chi connectivity index (χ1n) is 6.39. The van der Waals surface area contributed by atoms with Crippen LogP contribution >= 0.6 is 11.3 Å². The van der Waals surface area contributed by atoms with E-state index >= 15 is 0 Å². The smallest absolute Gasteiger partial charge is 0.263 e. The molecule has 0 spiro atoms. The molecule has 0 aliphatic carbocycles. The lowest BCUT2D eigenvalue weighted by Crippen LogP contribution is -2.34. The van der Waals surface area contributed by atoms with Gasteiger partial charge in [0.2, 0.25) is 0 Å². The highest BCUT2D eigenvalue weighted by Crippen LogP contribution is 2.21. The number of thiazole rings is 1. The highest BCUT2D eigenvalue weighted by molar-refractivity contribution is 7.16. The van der Waals surface area contributed by atoms with Crippen LogP contribution in [0.1, 0.15) is 29.4 Å². The highest BCUT2D eigenvalue weighted by atomic mass is 32.1. The van der Waals surface area contributed by atoms with Gasteiger partial charge >= 0.3 is 0 Å². The van der Waals surface area contributed by atoms with E-state index in [9.17, 15) is 4.79 Å². The van der Waals surface area contributed by atoms with Crippen molar-refractivity contribution in [2.75, 3.05) is 6.61 Å². The number of rotatable bonds is 6. The van der Waals surface area contributed by atoms with Crippen LogP contribution in [-0.4, -0.2) is 38.6 Å². The summed E-state index contributed by atoms with van der Waals surface area (Å²) in [5, 5.41) is 12.4. The maximum atomic E-state index is 12.1.